The van der Waals surface area contributed by atoms with Crippen molar-refractivity contribution in [3.8, 4) is 0 Å². The Bertz CT molecular complexity index is 442. The molecule has 0 aliphatic rings. The minimum absolute atomic E-state index is 0.125. The molecule has 1 unspecified atom stereocenters. The van der Waals surface area contributed by atoms with Crippen LogP contribution in [0.25, 0.3) is 0 Å². The highest BCUT2D eigenvalue weighted by Crippen LogP contribution is 2.11. The summed E-state index contributed by atoms with van der Waals surface area (Å²) in [6.07, 6.45) is 1.79. The van der Waals surface area contributed by atoms with E-state index >= 15 is 0 Å². The van der Waals surface area contributed by atoms with Gasteiger partial charge in [-0.3, -0.25) is 0 Å². The number of nitrogens with two attached hydrogens (primary N) is 1. The van der Waals surface area contributed by atoms with Crippen LogP contribution in [0.3, 0.4) is 0 Å². The summed E-state index contributed by atoms with van der Waals surface area (Å²) < 4.78 is 6.75. The summed E-state index contributed by atoms with van der Waals surface area (Å²) in [6.45, 7) is 6.30. The lowest BCUT2D eigenvalue weighted by atomic mass is 10.2. The lowest BCUT2D eigenvalue weighted by Crippen LogP contribution is -2.05. The van der Waals surface area contributed by atoms with Gasteiger partial charge in [-0.1, -0.05) is 24.2 Å². The van der Waals surface area contributed by atoms with E-state index in [9.17, 15) is 0 Å². The fourth-order valence-electron chi connectivity index (χ4n) is 1.31. The zero-order valence-corrected chi connectivity index (χ0v) is 10.2. The average Bonchev–Trinajstić information content (AvgIpc) is 2.87. The van der Waals surface area contributed by atoms with Gasteiger partial charge in [0, 0.05) is 12.0 Å². The minimum Gasteiger partial charge on any atom is -0.339 e. The van der Waals surface area contributed by atoms with Gasteiger partial charge in [0.2, 0.25) is 5.89 Å². The van der Waals surface area contributed by atoms with Crippen molar-refractivity contribution >= 4 is 0 Å². The minimum atomic E-state index is -0.125. The maximum Gasteiger partial charge on any atom is 0.229 e. The van der Waals surface area contributed by atoms with Crippen LogP contribution in [-0.2, 0) is 6.54 Å². The molecule has 0 aromatic carbocycles. The molecule has 0 spiro atoms. The Balaban J connectivity index is 2.08. The second-order valence-electron chi connectivity index (χ2n) is 4.33. The fourth-order valence-corrected chi connectivity index (χ4v) is 1.31. The van der Waals surface area contributed by atoms with E-state index in [4.69, 9.17) is 10.3 Å². The summed E-state index contributed by atoms with van der Waals surface area (Å²) in [5, 5.41) is 11.8. The van der Waals surface area contributed by atoms with Crippen LogP contribution in [0.2, 0.25) is 0 Å². The molecule has 92 valence electrons. The van der Waals surface area contributed by atoms with Crippen LogP contribution in [0.1, 0.15) is 50.1 Å². The molecule has 2 rings (SSSR count). The summed E-state index contributed by atoms with van der Waals surface area (Å²) >= 11 is 0. The maximum atomic E-state index is 5.70. The van der Waals surface area contributed by atoms with Gasteiger partial charge < -0.3 is 10.3 Å². The van der Waals surface area contributed by atoms with Crippen LogP contribution >= 0.6 is 0 Å². The van der Waals surface area contributed by atoms with Gasteiger partial charge in [0.1, 0.15) is 6.54 Å². The van der Waals surface area contributed by atoms with Crippen molar-refractivity contribution in [2.24, 2.45) is 5.73 Å². The van der Waals surface area contributed by atoms with Crippen LogP contribution < -0.4 is 5.73 Å². The van der Waals surface area contributed by atoms with Gasteiger partial charge in [0.05, 0.1) is 11.9 Å². The SMILES string of the molecule is CC(C)c1nc(Cn2cc(C(C)N)nn2)no1. The third kappa shape index (κ3) is 2.68. The van der Waals surface area contributed by atoms with Crippen molar-refractivity contribution < 1.29 is 4.52 Å². The highest BCUT2D eigenvalue weighted by Gasteiger charge is 2.11. The highest BCUT2D eigenvalue weighted by molar-refractivity contribution is 4.99. The number of hydrogen-bond acceptors (Lipinski definition) is 6. The topological polar surface area (TPSA) is 95.7 Å². The standard InChI is InChI=1S/C10H16N6O/c1-6(2)10-12-9(14-17-10)5-16-4-8(7(3)11)13-15-16/h4,6-7H,5,11H2,1-3H3. The Kier molecular flexibility index (Phi) is 3.19. The van der Waals surface area contributed by atoms with Gasteiger partial charge in [0.15, 0.2) is 5.82 Å². The molecule has 2 heterocycles. The summed E-state index contributed by atoms with van der Waals surface area (Å²) in [5.41, 5.74) is 6.45. The fraction of sp³-hybridized carbons (Fsp3) is 0.600. The maximum absolute atomic E-state index is 5.70. The van der Waals surface area contributed by atoms with Gasteiger partial charge in [-0.05, 0) is 6.92 Å². The Morgan fingerprint density at radius 3 is 2.71 bits per heavy atom. The molecule has 17 heavy (non-hydrogen) atoms. The molecule has 0 saturated heterocycles. The van der Waals surface area contributed by atoms with E-state index in [2.05, 4.69) is 20.5 Å². The molecule has 0 radical (unpaired) electrons. The Labute approximate surface area is 99.0 Å². The summed E-state index contributed by atoms with van der Waals surface area (Å²) in [7, 11) is 0. The molecule has 1 atom stereocenters. The van der Waals surface area contributed by atoms with E-state index in [-0.39, 0.29) is 12.0 Å². The molecule has 2 N–H and O–H groups in total. The van der Waals surface area contributed by atoms with Crippen LogP contribution in [-0.4, -0.2) is 25.1 Å². The molecular weight excluding hydrogens is 220 g/mol. The Morgan fingerprint density at radius 2 is 2.18 bits per heavy atom. The van der Waals surface area contributed by atoms with Crippen molar-refractivity contribution in [3.05, 3.63) is 23.6 Å². The summed E-state index contributed by atoms with van der Waals surface area (Å²) in [4.78, 5) is 4.26. The average molecular weight is 236 g/mol. The third-order valence-corrected chi connectivity index (χ3v) is 2.30. The lowest BCUT2D eigenvalue weighted by molar-refractivity contribution is 0.359. The van der Waals surface area contributed by atoms with E-state index in [1.807, 2.05) is 20.8 Å². The molecule has 7 nitrogen and oxygen atoms in total. The second-order valence-corrected chi connectivity index (χ2v) is 4.33. The van der Waals surface area contributed by atoms with Gasteiger partial charge >= 0.3 is 0 Å². The normalized spacial score (nSPS) is 13.2. The quantitative estimate of drug-likeness (QED) is 0.845. The van der Waals surface area contributed by atoms with Gasteiger partial charge in [-0.25, -0.2) is 4.68 Å². The van der Waals surface area contributed by atoms with Crippen LogP contribution in [0.5, 0.6) is 0 Å². The highest BCUT2D eigenvalue weighted by atomic mass is 16.5. The van der Waals surface area contributed by atoms with Crippen molar-refractivity contribution in [1.82, 2.24) is 25.1 Å². The van der Waals surface area contributed by atoms with E-state index in [0.717, 1.165) is 5.69 Å². The molecule has 2 aromatic heterocycles. The Morgan fingerprint density at radius 1 is 1.41 bits per heavy atom. The van der Waals surface area contributed by atoms with E-state index in [1.165, 1.54) is 0 Å². The van der Waals surface area contributed by atoms with Crippen molar-refractivity contribution in [3.63, 3.8) is 0 Å². The van der Waals surface area contributed by atoms with Crippen LogP contribution in [0.15, 0.2) is 10.7 Å². The summed E-state index contributed by atoms with van der Waals surface area (Å²) in [6, 6.07) is -0.125. The molecule has 0 saturated carbocycles. The van der Waals surface area contributed by atoms with Crippen LogP contribution in [0.4, 0.5) is 0 Å². The third-order valence-electron chi connectivity index (χ3n) is 2.30. The summed E-state index contributed by atoms with van der Waals surface area (Å²) in [5.74, 6) is 1.45. The zero-order chi connectivity index (χ0) is 12.4. The van der Waals surface area contributed by atoms with Gasteiger partial charge in [0.25, 0.3) is 0 Å². The molecular formula is C10H16N6O. The van der Waals surface area contributed by atoms with E-state index in [1.54, 1.807) is 10.9 Å². The van der Waals surface area contributed by atoms with Crippen molar-refractivity contribution in [1.29, 1.82) is 0 Å². The van der Waals surface area contributed by atoms with E-state index < -0.39 is 0 Å². The monoisotopic (exact) mass is 236 g/mol. The zero-order valence-electron chi connectivity index (χ0n) is 10.2. The number of hydrogen-bond donors (Lipinski definition) is 1. The predicted molar refractivity (Wildman–Crippen MR) is 60.1 cm³/mol. The lowest BCUT2D eigenvalue weighted by Gasteiger charge is -1.96. The van der Waals surface area contributed by atoms with Gasteiger partial charge in [-0.15, -0.1) is 5.10 Å². The molecule has 0 aliphatic carbocycles. The first-order chi connectivity index (χ1) is 8.06. The first kappa shape index (κ1) is 11.7. The number of aromatic nitrogens is 5. The molecule has 0 amide bonds. The van der Waals surface area contributed by atoms with Gasteiger partial charge in [-0.2, -0.15) is 4.98 Å². The molecule has 0 bridgehead atoms. The molecule has 0 aliphatic heterocycles. The Hall–Kier alpha value is -1.76. The predicted octanol–water partition coefficient (Wildman–Crippen LogP) is 0.852. The van der Waals surface area contributed by atoms with Crippen LogP contribution in [0, 0.1) is 0 Å². The number of rotatable bonds is 4. The smallest absolute Gasteiger partial charge is 0.229 e. The molecule has 0 fully saturated rings. The van der Waals surface area contributed by atoms with Crippen molar-refractivity contribution in [2.45, 2.75) is 39.3 Å². The van der Waals surface area contributed by atoms with Crippen molar-refractivity contribution in [2.75, 3.05) is 0 Å². The number of nitrogens with zero attached hydrogens (tertiary/aromatic N) is 5. The molecule has 7 heteroatoms. The molecule has 2 aromatic rings. The first-order valence-corrected chi connectivity index (χ1v) is 5.54. The largest absolute Gasteiger partial charge is 0.339 e. The first-order valence-electron chi connectivity index (χ1n) is 5.54. The van der Waals surface area contributed by atoms with E-state index in [0.29, 0.717) is 18.3 Å². The second kappa shape index (κ2) is 4.62.